The minimum absolute atomic E-state index is 0.0876. The highest BCUT2D eigenvalue weighted by atomic mass is 79.9. The summed E-state index contributed by atoms with van der Waals surface area (Å²) in [7, 11) is 0. The summed E-state index contributed by atoms with van der Waals surface area (Å²) in [5, 5.41) is 9.53. The van der Waals surface area contributed by atoms with E-state index >= 15 is 0 Å². The van der Waals surface area contributed by atoms with Crippen molar-refractivity contribution in [2.45, 2.75) is 75.6 Å². The lowest BCUT2D eigenvalue weighted by molar-refractivity contribution is -0.146. The number of esters is 1. The molecule has 1 atom stereocenters. The largest absolute Gasteiger partial charge is 0.489 e. The van der Waals surface area contributed by atoms with Gasteiger partial charge in [0, 0.05) is 26.5 Å². The van der Waals surface area contributed by atoms with Crippen molar-refractivity contribution < 1.29 is 14.3 Å². The van der Waals surface area contributed by atoms with Gasteiger partial charge in [0.05, 0.1) is 5.57 Å². The molecule has 7 nitrogen and oxygen atoms in total. The third-order valence-electron chi connectivity index (χ3n) is 8.10. The fourth-order valence-corrected chi connectivity index (χ4v) is 7.19. The number of carbonyl (C=O) groups is 1. The van der Waals surface area contributed by atoms with E-state index < -0.39 is 6.04 Å². The van der Waals surface area contributed by atoms with Gasteiger partial charge in [-0.15, -0.1) is 5.10 Å². The van der Waals surface area contributed by atoms with Crippen molar-refractivity contribution in [1.82, 2.24) is 14.8 Å². The first-order valence-corrected chi connectivity index (χ1v) is 17.0. The third-order valence-corrected chi connectivity index (χ3v) is 9.85. The highest BCUT2D eigenvalue weighted by Gasteiger charge is 2.38. The number of nitrogens with zero attached hydrogens (tertiary/aromatic N) is 3. The zero-order chi connectivity index (χ0) is 30.6. The van der Waals surface area contributed by atoms with Crippen LogP contribution in [-0.2, 0) is 21.9 Å². The number of aromatic nitrogens is 3. The van der Waals surface area contributed by atoms with E-state index in [1.54, 1.807) is 4.68 Å². The quantitative estimate of drug-likeness (QED) is 0.138. The number of hydrogen-bond donors (Lipinski definition) is 1. The summed E-state index contributed by atoms with van der Waals surface area (Å²) >= 11 is 11.6. The topological polar surface area (TPSA) is 78.3 Å². The first-order chi connectivity index (χ1) is 21.4. The van der Waals surface area contributed by atoms with E-state index in [1.807, 2.05) is 61.5 Å². The summed E-state index contributed by atoms with van der Waals surface area (Å²) in [6.07, 6.45) is 5.00. The lowest BCUT2D eigenvalue weighted by Crippen LogP contribution is -2.32. The van der Waals surface area contributed by atoms with E-state index in [4.69, 9.17) is 31.2 Å². The number of nitrogens with one attached hydrogen (secondary N) is 1. The minimum Gasteiger partial charge on any atom is -0.489 e. The summed E-state index contributed by atoms with van der Waals surface area (Å²) < 4.78 is 15.2. The van der Waals surface area contributed by atoms with E-state index in [-0.39, 0.29) is 12.1 Å². The Balaban J connectivity index is 1.38. The van der Waals surface area contributed by atoms with Crippen molar-refractivity contribution in [2.24, 2.45) is 0 Å². The van der Waals surface area contributed by atoms with Crippen LogP contribution in [0.4, 0.5) is 5.95 Å². The van der Waals surface area contributed by atoms with Gasteiger partial charge in [0.1, 0.15) is 24.5 Å². The lowest BCUT2D eigenvalue weighted by Gasteiger charge is -2.31. The number of allylic oxidation sites excluding steroid dienone is 1. The molecule has 228 valence electrons. The number of hydrogen-bond acceptors (Lipinski definition) is 7. The predicted octanol–water partition coefficient (Wildman–Crippen LogP) is 9.04. The van der Waals surface area contributed by atoms with Gasteiger partial charge in [0.25, 0.3) is 0 Å². The van der Waals surface area contributed by atoms with Crippen LogP contribution in [0, 0.1) is 6.92 Å². The highest BCUT2D eigenvalue weighted by Crippen LogP contribution is 2.42. The van der Waals surface area contributed by atoms with Crippen LogP contribution in [0.3, 0.4) is 0 Å². The molecule has 1 aliphatic heterocycles. The maximum absolute atomic E-state index is 14.0. The van der Waals surface area contributed by atoms with E-state index in [1.165, 1.54) is 18.2 Å². The molecule has 0 radical (unpaired) electrons. The molecule has 1 unspecified atom stereocenters. The Morgan fingerprint density at radius 3 is 2.57 bits per heavy atom. The minimum atomic E-state index is -0.617. The summed E-state index contributed by atoms with van der Waals surface area (Å²) in [5.41, 5.74) is 5.21. The molecule has 6 rings (SSSR count). The summed E-state index contributed by atoms with van der Waals surface area (Å²) in [6.45, 7) is 4.36. The van der Waals surface area contributed by atoms with Crippen LogP contribution < -0.4 is 10.1 Å². The fourth-order valence-electron chi connectivity index (χ4n) is 5.69. The standard InChI is InChI=1S/C34H34BrClN4O3S/c1-21-10-6-7-11-23(21)19-42-29-17-16-25(35)18-27(29)31-30(32(41)43-26-13-4-3-5-14-26)22(2)37-33-38-34(39-40(31)33)44-20-24-12-8-9-15-28(24)36/h6-12,15-18,26,31H,3-5,13-14,19-20H2,1-2H3,(H,37,38,39). The maximum atomic E-state index is 14.0. The van der Waals surface area contributed by atoms with Crippen LogP contribution in [0.15, 0.2) is 87.6 Å². The fraction of sp³-hybridized carbons (Fsp3) is 0.324. The summed E-state index contributed by atoms with van der Waals surface area (Å²) in [4.78, 5) is 18.8. The maximum Gasteiger partial charge on any atom is 0.338 e. The molecule has 3 aromatic carbocycles. The van der Waals surface area contributed by atoms with Crippen molar-refractivity contribution in [3.63, 3.8) is 0 Å². The summed E-state index contributed by atoms with van der Waals surface area (Å²) in [6, 6.07) is 21.2. The molecule has 0 amide bonds. The molecule has 44 heavy (non-hydrogen) atoms. The number of ether oxygens (including phenoxy) is 2. The van der Waals surface area contributed by atoms with Crippen molar-refractivity contribution in [2.75, 3.05) is 5.32 Å². The molecule has 2 aliphatic rings. The van der Waals surface area contributed by atoms with Crippen LogP contribution in [0.25, 0.3) is 0 Å². The van der Waals surface area contributed by atoms with Crippen molar-refractivity contribution in [3.8, 4) is 5.75 Å². The Labute approximate surface area is 275 Å². The average molecular weight is 694 g/mol. The van der Waals surface area contributed by atoms with Crippen LogP contribution in [-0.4, -0.2) is 26.8 Å². The van der Waals surface area contributed by atoms with Gasteiger partial charge >= 0.3 is 5.97 Å². The van der Waals surface area contributed by atoms with Crippen LogP contribution in [0.5, 0.6) is 5.75 Å². The van der Waals surface area contributed by atoms with Gasteiger partial charge < -0.3 is 14.8 Å². The second kappa shape index (κ2) is 13.8. The second-order valence-corrected chi connectivity index (χ2v) is 13.4. The number of aryl methyl sites for hydroxylation is 1. The first-order valence-electron chi connectivity index (χ1n) is 14.9. The molecule has 0 spiro atoms. The number of benzene rings is 3. The number of halogens is 2. The number of anilines is 1. The van der Waals surface area contributed by atoms with Crippen molar-refractivity contribution in [1.29, 1.82) is 0 Å². The molecule has 1 N–H and O–H groups in total. The van der Waals surface area contributed by atoms with Crippen LogP contribution in [0.2, 0.25) is 5.02 Å². The molecule has 1 aliphatic carbocycles. The van der Waals surface area contributed by atoms with E-state index in [2.05, 4.69) is 40.3 Å². The number of carbonyl (C=O) groups excluding carboxylic acids is 1. The SMILES string of the molecule is CC1=C(C(=O)OC2CCCCC2)C(c2cc(Br)ccc2OCc2ccccc2C)n2nc(SCc3ccccc3Cl)nc2N1. The number of thioether (sulfide) groups is 1. The zero-order valence-corrected chi connectivity index (χ0v) is 27.8. The van der Waals surface area contributed by atoms with Crippen LogP contribution in [0.1, 0.15) is 67.3 Å². The zero-order valence-electron chi connectivity index (χ0n) is 24.7. The Morgan fingerprint density at radius 2 is 1.80 bits per heavy atom. The average Bonchev–Trinajstić information content (AvgIpc) is 3.43. The molecule has 1 saturated carbocycles. The molecule has 1 aromatic heterocycles. The number of rotatable bonds is 9. The van der Waals surface area contributed by atoms with Gasteiger partial charge in [-0.25, -0.2) is 9.48 Å². The molecular formula is C34H34BrClN4O3S. The molecule has 0 bridgehead atoms. The van der Waals surface area contributed by atoms with E-state index in [9.17, 15) is 4.79 Å². The smallest absolute Gasteiger partial charge is 0.338 e. The van der Waals surface area contributed by atoms with Gasteiger partial charge in [0.15, 0.2) is 0 Å². The lowest BCUT2D eigenvalue weighted by atomic mass is 9.94. The Morgan fingerprint density at radius 1 is 1.05 bits per heavy atom. The van der Waals surface area contributed by atoms with Crippen LogP contribution >= 0.6 is 39.3 Å². The van der Waals surface area contributed by atoms with Crippen molar-refractivity contribution in [3.05, 3.63) is 110 Å². The molecule has 10 heteroatoms. The van der Waals surface area contributed by atoms with E-state index in [0.29, 0.717) is 45.5 Å². The van der Waals surface area contributed by atoms with Gasteiger partial charge in [-0.3, -0.25) is 0 Å². The monoisotopic (exact) mass is 692 g/mol. The van der Waals surface area contributed by atoms with Gasteiger partial charge in [-0.2, -0.15) is 4.98 Å². The number of fused-ring (bicyclic) bond motifs is 1. The highest BCUT2D eigenvalue weighted by molar-refractivity contribution is 9.10. The molecular weight excluding hydrogens is 660 g/mol. The second-order valence-electron chi connectivity index (χ2n) is 11.2. The predicted molar refractivity (Wildman–Crippen MR) is 178 cm³/mol. The van der Waals surface area contributed by atoms with E-state index in [0.717, 1.165) is 52.4 Å². The molecule has 0 saturated heterocycles. The Kier molecular flexibility index (Phi) is 9.64. The van der Waals surface area contributed by atoms with Gasteiger partial charge in [-0.1, -0.05) is 88.2 Å². The first kappa shape index (κ1) is 30.7. The van der Waals surface area contributed by atoms with Gasteiger partial charge in [-0.05, 0) is 80.5 Å². The molecule has 2 heterocycles. The Hall–Kier alpha value is -3.27. The molecule has 1 fully saturated rings. The third kappa shape index (κ3) is 6.85. The van der Waals surface area contributed by atoms with Gasteiger partial charge in [0.2, 0.25) is 11.1 Å². The molecule has 4 aromatic rings. The normalized spacial score (nSPS) is 16.8. The van der Waals surface area contributed by atoms with Crippen molar-refractivity contribution >= 4 is 51.2 Å². The summed E-state index contributed by atoms with van der Waals surface area (Å²) in [5.74, 6) is 1.47. The Bertz CT molecular complexity index is 1700.